The van der Waals surface area contributed by atoms with E-state index in [9.17, 15) is 14.4 Å². The van der Waals surface area contributed by atoms with Crippen molar-refractivity contribution in [2.45, 2.75) is 32.4 Å². The third-order valence-electron chi connectivity index (χ3n) is 5.89. The SMILES string of the molecule is C[C@H](NC(=O)CN(C)CC(=O)N1c2ccccc2NC(=O)C[C@@H]1C)c1ccc2c(c1)OCCO2. The molecule has 2 aliphatic heterocycles. The van der Waals surface area contributed by atoms with Crippen molar-refractivity contribution >= 4 is 29.1 Å². The average Bonchev–Trinajstić information content (AvgIpc) is 2.92. The maximum Gasteiger partial charge on any atom is 0.241 e. The third-order valence-corrected chi connectivity index (χ3v) is 5.89. The number of fused-ring (bicyclic) bond motifs is 2. The monoisotopic (exact) mass is 466 g/mol. The van der Waals surface area contributed by atoms with Gasteiger partial charge in [-0.1, -0.05) is 18.2 Å². The highest BCUT2D eigenvalue weighted by molar-refractivity contribution is 6.05. The van der Waals surface area contributed by atoms with Gasteiger partial charge in [0, 0.05) is 12.5 Å². The van der Waals surface area contributed by atoms with Crippen LogP contribution in [0.4, 0.5) is 11.4 Å². The lowest BCUT2D eigenvalue weighted by Crippen LogP contribution is -2.46. The van der Waals surface area contributed by atoms with E-state index in [4.69, 9.17) is 9.47 Å². The van der Waals surface area contributed by atoms with Gasteiger partial charge in [0.15, 0.2) is 11.5 Å². The van der Waals surface area contributed by atoms with Crippen molar-refractivity contribution in [1.82, 2.24) is 10.2 Å². The van der Waals surface area contributed by atoms with Gasteiger partial charge < -0.3 is 25.0 Å². The molecule has 2 heterocycles. The number of ether oxygens (including phenoxy) is 2. The lowest BCUT2D eigenvalue weighted by Gasteiger charge is -2.29. The highest BCUT2D eigenvalue weighted by Gasteiger charge is 2.30. The molecule has 3 amide bonds. The van der Waals surface area contributed by atoms with Gasteiger partial charge in [-0.25, -0.2) is 0 Å². The number of para-hydroxylation sites is 2. The summed E-state index contributed by atoms with van der Waals surface area (Å²) in [4.78, 5) is 41.3. The maximum atomic E-state index is 13.2. The van der Waals surface area contributed by atoms with Crippen molar-refractivity contribution in [3.8, 4) is 11.5 Å². The number of anilines is 2. The van der Waals surface area contributed by atoms with Gasteiger partial charge in [0.2, 0.25) is 17.7 Å². The fourth-order valence-electron chi connectivity index (χ4n) is 4.28. The summed E-state index contributed by atoms with van der Waals surface area (Å²) < 4.78 is 11.2. The predicted octanol–water partition coefficient (Wildman–Crippen LogP) is 2.33. The van der Waals surface area contributed by atoms with Crippen LogP contribution in [0.15, 0.2) is 42.5 Å². The topological polar surface area (TPSA) is 100 Å². The number of nitrogens with one attached hydrogen (secondary N) is 2. The first-order chi connectivity index (χ1) is 16.3. The number of amides is 3. The molecule has 4 rings (SSSR count). The van der Waals surface area contributed by atoms with Gasteiger partial charge in [0.25, 0.3) is 0 Å². The van der Waals surface area contributed by atoms with Gasteiger partial charge >= 0.3 is 0 Å². The van der Waals surface area contributed by atoms with Crippen molar-refractivity contribution in [3.63, 3.8) is 0 Å². The Labute approximate surface area is 199 Å². The molecule has 0 saturated heterocycles. The van der Waals surface area contributed by atoms with Crippen LogP contribution in [0.25, 0.3) is 0 Å². The Morgan fingerprint density at radius 2 is 1.88 bits per heavy atom. The lowest BCUT2D eigenvalue weighted by atomic mass is 10.1. The molecule has 9 heteroatoms. The number of benzene rings is 2. The van der Waals surface area contributed by atoms with Crippen LogP contribution in [-0.4, -0.2) is 62.0 Å². The summed E-state index contributed by atoms with van der Waals surface area (Å²) in [7, 11) is 1.73. The quantitative estimate of drug-likeness (QED) is 0.678. The van der Waals surface area contributed by atoms with Crippen LogP contribution in [0.3, 0.4) is 0 Å². The Morgan fingerprint density at radius 1 is 1.15 bits per heavy atom. The van der Waals surface area contributed by atoms with E-state index >= 15 is 0 Å². The maximum absolute atomic E-state index is 13.2. The molecule has 0 radical (unpaired) electrons. The van der Waals surface area contributed by atoms with Crippen molar-refractivity contribution in [2.75, 3.05) is 43.6 Å². The number of hydrogen-bond acceptors (Lipinski definition) is 6. The second-order valence-electron chi connectivity index (χ2n) is 8.75. The van der Waals surface area contributed by atoms with Gasteiger partial charge in [0.1, 0.15) is 13.2 Å². The molecule has 0 unspecified atom stereocenters. The molecule has 34 heavy (non-hydrogen) atoms. The molecule has 2 N–H and O–H groups in total. The molecule has 2 aromatic carbocycles. The minimum absolute atomic E-state index is 0.0404. The Morgan fingerprint density at radius 3 is 2.68 bits per heavy atom. The average molecular weight is 467 g/mol. The number of carbonyl (C=O) groups excluding carboxylic acids is 3. The van der Waals surface area contributed by atoms with Crippen LogP contribution in [0.2, 0.25) is 0 Å². The van der Waals surface area contributed by atoms with Crippen molar-refractivity contribution in [1.29, 1.82) is 0 Å². The van der Waals surface area contributed by atoms with E-state index in [0.717, 1.165) is 5.56 Å². The van der Waals surface area contributed by atoms with Crippen LogP contribution in [0, 0.1) is 0 Å². The molecule has 9 nitrogen and oxygen atoms in total. The van der Waals surface area contributed by atoms with Crippen LogP contribution in [0.1, 0.15) is 31.9 Å². The Kier molecular flexibility index (Phi) is 7.02. The van der Waals surface area contributed by atoms with Crippen molar-refractivity contribution in [2.24, 2.45) is 0 Å². The van der Waals surface area contributed by atoms with Crippen LogP contribution >= 0.6 is 0 Å². The third kappa shape index (κ3) is 5.31. The Hall–Kier alpha value is -3.59. The van der Waals surface area contributed by atoms with E-state index in [1.165, 1.54) is 0 Å². The molecule has 2 atom stereocenters. The van der Waals surface area contributed by atoms with E-state index in [2.05, 4.69) is 10.6 Å². The van der Waals surface area contributed by atoms with E-state index in [-0.39, 0.29) is 49.3 Å². The zero-order valence-electron chi connectivity index (χ0n) is 19.7. The molecule has 180 valence electrons. The highest BCUT2D eigenvalue weighted by atomic mass is 16.6. The van der Waals surface area contributed by atoms with Crippen LogP contribution in [0.5, 0.6) is 11.5 Å². The van der Waals surface area contributed by atoms with Gasteiger partial charge in [-0.2, -0.15) is 0 Å². The minimum atomic E-state index is -0.298. The zero-order valence-corrected chi connectivity index (χ0v) is 19.7. The summed E-state index contributed by atoms with van der Waals surface area (Å²) >= 11 is 0. The summed E-state index contributed by atoms with van der Waals surface area (Å²) in [6, 6.07) is 12.3. The molecule has 0 saturated carbocycles. The number of carbonyl (C=O) groups is 3. The summed E-state index contributed by atoms with van der Waals surface area (Å²) in [5, 5.41) is 5.82. The van der Waals surface area contributed by atoms with Crippen LogP contribution < -0.4 is 25.0 Å². The number of hydrogen-bond donors (Lipinski definition) is 2. The first kappa shape index (κ1) is 23.6. The molecular formula is C25H30N4O5. The van der Waals surface area contributed by atoms with Crippen LogP contribution in [-0.2, 0) is 14.4 Å². The van der Waals surface area contributed by atoms with Crippen molar-refractivity contribution < 1.29 is 23.9 Å². The number of rotatable bonds is 6. The molecular weight excluding hydrogens is 436 g/mol. The van der Waals surface area contributed by atoms with E-state index in [1.54, 1.807) is 22.9 Å². The molecule has 0 aliphatic carbocycles. The predicted molar refractivity (Wildman–Crippen MR) is 128 cm³/mol. The fourth-order valence-corrected chi connectivity index (χ4v) is 4.28. The van der Waals surface area contributed by atoms with Gasteiger partial charge in [-0.3, -0.25) is 19.3 Å². The Balaban J connectivity index is 1.36. The second-order valence-corrected chi connectivity index (χ2v) is 8.75. The summed E-state index contributed by atoms with van der Waals surface area (Å²) in [5.41, 5.74) is 2.18. The largest absolute Gasteiger partial charge is 0.486 e. The molecule has 2 aromatic rings. The summed E-state index contributed by atoms with van der Waals surface area (Å²) in [6.45, 7) is 4.87. The van der Waals surface area contributed by atoms with Gasteiger partial charge in [-0.05, 0) is 50.7 Å². The zero-order chi connectivity index (χ0) is 24.2. The molecule has 2 aliphatic rings. The second kappa shape index (κ2) is 10.1. The summed E-state index contributed by atoms with van der Waals surface area (Å²) in [5.74, 6) is 0.877. The molecule has 0 bridgehead atoms. The molecule has 0 aromatic heterocycles. The number of likely N-dealkylation sites (N-methyl/N-ethyl adjacent to an activating group) is 1. The lowest BCUT2D eigenvalue weighted by molar-refractivity contribution is -0.124. The highest BCUT2D eigenvalue weighted by Crippen LogP contribution is 2.33. The smallest absolute Gasteiger partial charge is 0.241 e. The normalized spacial score (nSPS) is 17.9. The molecule has 0 fully saturated rings. The van der Waals surface area contributed by atoms with E-state index in [1.807, 2.05) is 50.2 Å². The standard InChI is InChI=1S/C25H30N4O5/c1-16-12-23(30)27-19-6-4-5-7-20(19)29(16)25(32)15-28(3)14-24(31)26-17(2)18-8-9-21-22(13-18)34-11-10-33-21/h4-9,13,16-17H,10-12,14-15H2,1-3H3,(H,26,31)(H,27,30)/t16-,17-/m0/s1. The molecule has 0 spiro atoms. The van der Waals surface area contributed by atoms with Gasteiger partial charge in [-0.15, -0.1) is 0 Å². The first-order valence-electron chi connectivity index (χ1n) is 11.4. The summed E-state index contributed by atoms with van der Waals surface area (Å²) in [6.07, 6.45) is 0.206. The van der Waals surface area contributed by atoms with Crippen molar-refractivity contribution in [3.05, 3.63) is 48.0 Å². The number of nitrogens with zero attached hydrogens (tertiary/aromatic N) is 2. The minimum Gasteiger partial charge on any atom is -0.486 e. The Bertz CT molecular complexity index is 1090. The van der Waals surface area contributed by atoms with Gasteiger partial charge in [0.05, 0.1) is 30.5 Å². The van der Waals surface area contributed by atoms with E-state index < -0.39 is 0 Å². The first-order valence-corrected chi connectivity index (χ1v) is 11.4. The fraction of sp³-hybridized carbons (Fsp3) is 0.400. The van der Waals surface area contributed by atoms with E-state index in [0.29, 0.717) is 36.1 Å².